The van der Waals surface area contributed by atoms with E-state index in [0.29, 0.717) is 54.7 Å². The lowest BCUT2D eigenvalue weighted by atomic mass is 9.87. The zero-order chi connectivity index (χ0) is 28.3. The van der Waals surface area contributed by atoms with Gasteiger partial charge in [-0.1, -0.05) is 42.5 Å². The third-order valence-electron chi connectivity index (χ3n) is 7.59. The van der Waals surface area contributed by atoms with Gasteiger partial charge in [0.05, 0.1) is 11.1 Å². The minimum Gasteiger partial charge on any atom is -0.345 e. The number of nitrogens with zero attached hydrogens (tertiary/aromatic N) is 3. The molecule has 5 nitrogen and oxygen atoms in total. The summed E-state index contributed by atoms with van der Waals surface area (Å²) >= 11 is 0. The highest BCUT2D eigenvalue weighted by atomic mass is 19.4. The normalized spacial score (nSPS) is 14.6. The van der Waals surface area contributed by atoms with Gasteiger partial charge >= 0.3 is 6.18 Å². The molecule has 0 spiro atoms. The van der Waals surface area contributed by atoms with Crippen molar-refractivity contribution in [3.05, 3.63) is 101 Å². The van der Waals surface area contributed by atoms with Crippen molar-refractivity contribution in [1.82, 2.24) is 14.5 Å². The highest BCUT2D eigenvalue weighted by Crippen LogP contribution is 2.32. The van der Waals surface area contributed by atoms with Crippen LogP contribution in [-0.2, 0) is 24.2 Å². The number of ketones is 1. The predicted octanol–water partition coefficient (Wildman–Crippen LogP) is 6.50. The van der Waals surface area contributed by atoms with Crippen molar-refractivity contribution in [1.29, 1.82) is 0 Å². The lowest BCUT2D eigenvalue weighted by molar-refractivity contribution is -0.171. The van der Waals surface area contributed by atoms with Crippen LogP contribution in [0.15, 0.2) is 73.1 Å². The summed E-state index contributed by atoms with van der Waals surface area (Å²) in [6.45, 7) is 1.54. The SMILES string of the molecule is O=C(c1cn(CCc2ccccc2)c2cccnc12)N1CCC(c2cc(CCC(=O)C(F)(F)F)ccc2F)CC1. The van der Waals surface area contributed by atoms with E-state index in [1.54, 1.807) is 17.2 Å². The van der Waals surface area contributed by atoms with Gasteiger partial charge in [-0.3, -0.25) is 14.6 Å². The van der Waals surface area contributed by atoms with Gasteiger partial charge in [0.25, 0.3) is 5.91 Å². The van der Waals surface area contributed by atoms with E-state index in [9.17, 15) is 27.2 Å². The first-order chi connectivity index (χ1) is 19.2. The molecule has 5 rings (SSSR count). The maximum absolute atomic E-state index is 14.7. The van der Waals surface area contributed by atoms with Crippen molar-refractivity contribution in [2.45, 2.75) is 50.7 Å². The number of hydrogen-bond acceptors (Lipinski definition) is 3. The topological polar surface area (TPSA) is 55.2 Å². The molecule has 1 amide bonds. The van der Waals surface area contributed by atoms with E-state index >= 15 is 0 Å². The van der Waals surface area contributed by atoms with Crippen LogP contribution in [0.25, 0.3) is 11.0 Å². The number of rotatable bonds is 8. The molecule has 1 aliphatic rings. The van der Waals surface area contributed by atoms with Gasteiger partial charge in [0, 0.05) is 38.4 Å². The Kier molecular flexibility index (Phi) is 8.00. The number of amides is 1. The highest BCUT2D eigenvalue weighted by molar-refractivity contribution is 6.05. The van der Waals surface area contributed by atoms with E-state index in [2.05, 4.69) is 21.7 Å². The van der Waals surface area contributed by atoms with Crippen LogP contribution >= 0.6 is 0 Å². The number of pyridine rings is 1. The minimum absolute atomic E-state index is 0.107. The third kappa shape index (κ3) is 6.08. The van der Waals surface area contributed by atoms with Crippen LogP contribution in [0.5, 0.6) is 0 Å². The second-order valence-corrected chi connectivity index (χ2v) is 10.2. The molecule has 1 saturated heterocycles. The molecule has 0 aliphatic carbocycles. The second kappa shape index (κ2) is 11.6. The molecule has 2 aromatic carbocycles. The van der Waals surface area contributed by atoms with Crippen molar-refractivity contribution in [3.63, 3.8) is 0 Å². The number of alkyl halides is 3. The number of fused-ring (bicyclic) bond motifs is 1. The lowest BCUT2D eigenvalue weighted by Crippen LogP contribution is -2.38. The number of halogens is 4. The molecule has 4 aromatic rings. The molecule has 0 unspecified atom stereocenters. The molecule has 0 bridgehead atoms. The largest absolute Gasteiger partial charge is 0.449 e. The molecule has 40 heavy (non-hydrogen) atoms. The van der Waals surface area contributed by atoms with E-state index in [1.807, 2.05) is 36.5 Å². The summed E-state index contributed by atoms with van der Waals surface area (Å²) in [5.41, 5.74) is 4.18. The Morgan fingerprint density at radius 1 is 0.925 bits per heavy atom. The third-order valence-corrected chi connectivity index (χ3v) is 7.59. The number of Topliss-reactive ketones (excluding diaryl/α,β-unsaturated/α-hetero) is 1. The molecular weight excluding hydrogens is 522 g/mol. The van der Waals surface area contributed by atoms with E-state index in [-0.39, 0.29) is 18.2 Å². The summed E-state index contributed by atoms with van der Waals surface area (Å²) in [5.74, 6) is -2.52. The first-order valence-corrected chi connectivity index (χ1v) is 13.4. The fraction of sp³-hybridized carbons (Fsp3) is 0.323. The number of benzene rings is 2. The Labute approximate surface area is 229 Å². The summed E-state index contributed by atoms with van der Waals surface area (Å²) in [4.78, 5) is 31.1. The smallest absolute Gasteiger partial charge is 0.345 e. The number of hydrogen-bond donors (Lipinski definition) is 0. The summed E-state index contributed by atoms with van der Waals surface area (Å²) in [6.07, 6.45) is -0.259. The van der Waals surface area contributed by atoms with Crippen LogP contribution < -0.4 is 0 Å². The van der Waals surface area contributed by atoms with Gasteiger partial charge in [-0.25, -0.2) is 4.39 Å². The van der Waals surface area contributed by atoms with Crippen LogP contribution in [0.4, 0.5) is 17.6 Å². The molecule has 3 heterocycles. The maximum Gasteiger partial charge on any atom is 0.449 e. The van der Waals surface area contributed by atoms with Crippen LogP contribution in [0, 0.1) is 5.82 Å². The Morgan fingerprint density at radius 2 is 1.68 bits per heavy atom. The van der Waals surface area contributed by atoms with Crippen molar-refractivity contribution in [3.8, 4) is 0 Å². The molecule has 0 radical (unpaired) electrons. The zero-order valence-electron chi connectivity index (χ0n) is 21.8. The van der Waals surface area contributed by atoms with Crippen LogP contribution in [0.1, 0.15) is 52.2 Å². The Hall–Kier alpha value is -4.01. The van der Waals surface area contributed by atoms with E-state index in [1.165, 1.54) is 17.7 Å². The first-order valence-electron chi connectivity index (χ1n) is 13.4. The Morgan fingerprint density at radius 3 is 2.40 bits per heavy atom. The van der Waals surface area contributed by atoms with Gasteiger partial charge in [0.15, 0.2) is 0 Å². The van der Waals surface area contributed by atoms with Gasteiger partial charge in [-0.2, -0.15) is 13.2 Å². The van der Waals surface area contributed by atoms with Gasteiger partial charge < -0.3 is 9.47 Å². The average Bonchev–Trinajstić information content (AvgIpc) is 3.34. The monoisotopic (exact) mass is 551 g/mol. The molecule has 208 valence electrons. The number of aryl methyl sites for hydroxylation is 3. The average molecular weight is 552 g/mol. The van der Waals surface area contributed by atoms with Gasteiger partial charge in [0.1, 0.15) is 11.3 Å². The molecule has 1 aliphatic heterocycles. The molecule has 0 atom stereocenters. The Balaban J connectivity index is 1.26. The number of piperidine rings is 1. The first kappa shape index (κ1) is 27.6. The van der Waals surface area contributed by atoms with Crippen molar-refractivity contribution in [2.24, 2.45) is 0 Å². The number of aromatic nitrogens is 2. The Bertz CT molecular complexity index is 1510. The number of likely N-dealkylation sites (tertiary alicyclic amines) is 1. The summed E-state index contributed by atoms with van der Waals surface area (Å²) in [7, 11) is 0. The molecule has 0 saturated carbocycles. The van der Waals surface area contributed by atoms with Crippen LogP contribution in [0.2, 0.25) is 0 Å². The van der Waals surface area contributed by atoms with E-state index < -0.39 is 24.2 Å². The van der Waals surface area contributed by atoms with E-state index in [4.69, 9.17) is 0 Å². The van der Waals surface area contributed by atoms with Crippen molar-refractivity contribution in [2.75, 3.05) is 13.1 Å². The highest BCUT2D eigenvalue weighted by Gasteiger charge is 2.37. The fourth-order valence-corrected chi connectivity index (χ4v) is 5.38. The fourth-order valence-electron chi connectivity index (χ4n) is 5.38. The van der Waals surface area contributed by atoms with Crippen molar-refractivity contribution >= 4 is 22.7 Å². The minimum atomic E-state index is -4.87. The van der Waals surface area contributed by atoms with Gasteiger partial charge in [0.2, 0.25) is 5.78 Å². The second-order valence-electron chi connectivity index (χ2n) is 10.2. The predicted molar refractivity (Wildman–Crippen MR) is 144 cm³/mol. The molecule has 9 heteroatoms. The van der Waals surface area contributed by atoms with Crippen LogP contribution in [0.3, 0.4) is 0 Å². The number of carbonyl (C=O) groups excluding carboxylic acids is 2. The molecule has 0 N–H and O–H groups in total. The molecular formula is C31H29F4N3O2. The maximum atomic E-state index is 14.7. The summed E-state index contributed by atoms with van der Waals surface area (Å²) in [6, 6.07) is 18.1. The van der Waals surface area contributed by atoms with Crippen molar-refractivity contribution < 1.29 is 27.2 Å². The van der Waals surface area contributed by atoms with Gasteiger partial charge in [-0.05, 0) is 66.5 Å². The number of carbonyl (C=O) groups is 2. The summed E-state index contributed by atoms with van der Waals surface area (Å²) < 4.78 is 54.4. The van der Waals surface area contributed by atoms with Gasteiger partial charge in [-0.15, -0.1) is 0 Å². The zero-order valence-corrected chi connectivity index (χ0v) is 21.8. The molecule has 1 fully saturated rings. The van der Waals surface area contributed by atoms with E-state index in [0.717, 1.165) is 11.9 Å². The molecule has 2 aromatic heterocycles. The lowest BCUT2D eigenvalue weighted by Gasteiger charge is -2.32. The van der Waals surface area contributed by atoms with Crippen LogP contribution in [-0.4, -0.2) is 45.4 Å². The summed E-state index contributed by atoms with van der Waals surface area (Å²) in [5, 5.41) is 0. The standard InChI is InChI=1S/C31H29F4N3O2/c32-26-10-8-22(9-11-28(39)31(33,34)35)19-24(26)23-13-17-37(18-14-23)30(40)25-20-38(27-7-4-15-36-29(25)27)16-12-21-5-2-1-3-6-21/h1-8,10,15,19-20,23H,9,11-14,16-18H2. The quantitative estimate of drug-likeness (QED) is 0.235.